The Labute approximate surface area is 116 Å². The third kappa shape index (κ3) is 2.40. The van der Waals surface area contributed by atoms with Crippen molar-refractivity contribution in [2.45, 2.75) is 13.5 Å². The Balaban J connectivity index is 1.74. The zero-order chi connectivity index (χ0) is 13.9. The molecule has 1 heterocycles. The monoisotopic (exact) mass is 266 g/mol. The Hall–Kier alpha value is -2.62. The highest BCUT2D eigenvalue weighted by atomic mass is 16.3. The van der Waals surface area contributed by atoms with Crippen molar-refractivity contribution in [3.63, 3.8) is 0 Å². The molecule has 0 atom stereocenters. The number of carbonyl (C=O) groups excluding carboxylic acids is 1. The molecule has 20 heavy (non-hydrogen) atoms. The predicted molar refractivity (Wildman–Crippen MR) is 76.4 cm³/mol. The van der Waals surface area contributed by atoms with Crippen molar-refractivity contribution >= 4 is 17.0 Å². The number of aryl methyl sites for hydroxylation is 1. The second kappa shape index (κ2) is 5.17. The Bertz CT molecular complexity index is 762. The zero-order valence-corrected chi connectivity index (χ0v) is 11.1. The van der Waals surface area contributed by atoms with Gasteiger partial charge < -0.3 is 9.73 Å². The molecular weight excluding hydrogens is 252 g/mol. The fourth-order valence-electron chi connectivity index (χ4n) is 2.08. The normalized spacial score (nSPS) is 10.7. The predicted octanol–water partition coefficient (Wildman–Crippen LogP) is 3.07. The number of amides is 1. The first-order valence-corrected chi connectivity index (χ1v) is 6.40. The minimum Gasteiger partial charge on any atom is -0.443 e. The van der Waals surface area contributed by atoms with Crippen LogP contribution in [-0.4, -0.2) is 10.9 Å². The topological polar surface area (TPSA) is 55.1 Å². The van der Waals surface area contributed by atoms with E-state index < -0.39 is 0 Å². The van der Waals surface area contributed by atoms with Gasteiger partial charge in [0.2, 0.25) is 0 Å². The van der Waals surface area contributed by atoms with Crippen LogP contribution in [0.1, 0.15) is 21.5 Å². The van der Waals surface area contributed by atoms with E-state index in [9.17, 15) is 4.79 Å². The van der Waals surface area contributed by atoms with Gasteiger partial charge in [0, 0.05) is 12.1 Å². The number of hydrogen-bond acceptors (Lipinski definition) is 3. The van der Waals surface area contributed by atoms with Crippen LogP contribution in [0.5, 0.6) is 0 Å². The van der Waals surface area contributed by atoms with E-state index in [-0.39, 0.29) is 5.91 Å². The molecule has 1 amide bonds. The molecule has 0 aliphatic rings. The Morgan fingerprint density at radius 1 is 1.25 bits per heavy atom. The molecule has 0 aliphatic carbocycles. The summed E-state index contributed by atoms with van der Waals surface area (Å²) in [7, 11) is 0. The summed E-state index contributed by atoms with van der Waals surface area (Å²) in [6.45, 7) is 2.54. The van der Waals surface area contributed by atoms with Crippen molar-refractivity contribution < 1.29 is 9.21 Å². The van der Waals surface area contributed by atoms with E-state index in [1.807, 2.05) is 31.2 Å². The molecule has 0 saturated carbocycles. The average molecular weight is 266 g/mol. The van der Waals surface area contributed by atoms with Crippen LogP contribution in [0, 0.1) is 6.92 Å². The number of nitrogens with one attached hydrogen (secondary N) is 1. The SMILES string of the molecule is Cc1ccccc1CNC(=O)c1ccc2ncoc2c1. The van der Waals surface area contributed by atoms with Gasteiger partial charge in [0.05, 0.1) is 0 Å². The van der Waals surface area contributed by atoms with Gasteiger partial charge >= 0.3 is 0 Å². The third-order valence-corrected chi connectivity index (χ3v) is 3.29. The number of fused-ring (bicyclic) bond motifs is 1. The van der Waals surface area contributed by atoms with Crippen LogP contribution in [0.25, 0.3) is 11.1 Å². The van der Waals surface area contributed by atoms with Gasteiger partial charge in [-0.25, -0.2) is 4.98 Å². The fourth-order valence-corrected chi connectivity index (χ4v) is 2.08. The standard InChI is InChI=1S/C16H14N2O2/c1-11-4-2-3-5-13(11)9-17-16(19)12-6-7-14-15(8-12)20-10-18-14/h2-8,10H,9H2,1H3,(H,17,19). The van der Waals surface area contributed by atoms with Crippen LogP contribution in [0.2, 0.25) is 0 Å². The summed E-state index contributed by atoms with van der Waals surface area (Å²) in [5.41, 5.74) is 4.22. The van der Waals surface area contributed by atoms with Crippen molar-refractivity contribution in [3.8, 4) is 0 Å². The zero-order valence-electron chi connectivity index (χ0n) is 11.1. The van der Waals surface area contributed by atoms with Crippen LogP contribution < -0.4 is 5.32 Å². The molecule has 0 bridgehead atoms. The van der Waals surface area contributed by atoms with Crippen LogP contribution in [0.4, 0.5) is 0 Å². The summed E-state index contributed by atoms with van der Waals surface area (Å²) in [6, 6.07) is 13.2. The summed E-state index contributed by atoms with van der Waals surface area (Å²) in [5, 5.41) is 2.91. The van der Waals surface area contributed by atoms with Gasteiger partial charge in [-0.3, -0.25) is 4.79 Å². The molecule has 3 rings (SSSR count). The number of aromatic nitrogens is 1. The summed E-state index contributed by atoms with van der Waals surface area (Å²) < 4.78 is 5.20. The van der Waals surface area contributed by atoms with Crippen molar-refractivity contribution in [1.29, 1.82) is 0 Å². The Morgan fingerprint density at radius 2 is 2.10 bits per heavy atom. The molecule has 0 aliphatic heterocycles. The molecule has 1 N–H and O–H groups in total. The lowest BCUT2D eigenvalue weighted by Crippen LogP contribution is -2.23. The van der Waals surface area contributed by atoms with Gasteiger partial charge in [0.1, 0.15) is 5.52 Å². The quantitative estimate of drug-likeness (QED) is 0.792. The van der Waals surface area contributed by atoms with E-state index in [0.717, 1.165) is 11.1 Å². The molecule has 0 fully saturated rings. The van der Waals surface area contributed by atoms with Gasteiger partial charge in [-0.15, -0.1) is 0 Å². The first-order valence-electron chi connectivity index (χ1n) is 6.40. The Kier molecular flexibility index (Phi) is 3.21. The lowest BCUT2D eigenvalue weighted by molar-refractivity contribution is 0.0951. The highest BCUT2D eigenvalue weighted by molar-refractivity contribution is 5.96. The van der Waals surface area contributed by atoms with Crippen LogP contribution in [-0.2, 0) is 6.54 Å². The minimum absolute atomic E-state index is 0.119. The fraction of sp³-hybridized carbons (Fsp3) is 0.125. The van der Waals surface area contributed by atoms with E-state index in [1.165, 1.54) is 12.0 Å². The molecule has 0 saturated heterocycles. The van der Waals surface area contributed by atoms with Crippen LogP contribution in [0.3, 0.4) is 0 Å². The number of benzene rings is 2. The third-order valence-electron chi connectivity index (χ3n) is 3.29. The van der Waals surface area contributed by atoms with Crippen molar-refractivity contribution in [1.82, 2.24) is 10.3 Å². The van der Waals surface area contributed by atoms with E-state index in [4.69, 9.17) is 4.42 Å². The number of hydrogen-bond donors (Lipinski definition) is 1. The van der Waals surface area contributed by atoms with Gasteiger partial charge in [-0.2, -0.15) is 0 Å². The lowest BCUT2D eigenvalue weighted by Gasteiger charge is -2.07. The summed E-state index contributed by atoms with van der Waals surface area (Å²) in [6.07, 6.45) is 1.37. The summed E-state index contributed by atoms with van der Waals surface area (Å²) >= 11 is 0. The maximum atomic E-state index is 12.1. The van der Waals surface area contributed by atoms with Crippen molar-refractivity contribution in [3.05, 3.63) is 65.5 Å². The second-order valence-electron chi connectivity index (χ2n) is 4.64. The van der Waals surface area contributed by atoms with Gasteiger partial charge in [0.25, 0.3) is 5.91 Å². The lowest BCUT2D eigenvalue weighted by atomic mass is 10.1. The molecule has 2 aromatic carbocycles. The molecule has 0 radical (unpaired) electrons. The molecule has 1 aromatic heterocycles. The number of carbonyl (C=O) groups is 1. The van der Waals surface area contributed by atoms with Crippen molar-refractivity contribution in [2.75, 3.05) is 0 Å². The van der Waals surface area contributed by atoms with E-state index in [1.54, 1.807) is 18.2 Å². The smallest absolute Gasteiger partial charge is 0.251 e. The van der Waals surface area contributed by atoms with Gasteiger partial charge in [0.15, 0.2) is 12.0 Å². The largest absolute Gasteiger partial charge is 0.443 e. The van der Waals surface area contributed by atoms with E-state index in [0.29, 0.717) is 17.7 Å². The highest BCUT2D eigenvalue weighted by Crippen LogP contribution is 2.14. The molecule has 4 nitrogen and oxygen atoms in total. The summed E-state index contributed by atoms with van der Waals surface area (Å²) in [5.74, 6) is -0.119. The number of oxazole rings is 1. The maximum absolute atomic E-state index is 12.1. The van der Waals surface area contributed by atoms with Crippen molar-refractivity contribution in [2.24, 2.45) is 0 Å². The van der Waals surface area contributed by atoms with Crippen LogP contribution >= 0.6 is 0 Å². The first kappa shape index (κ1) is 12.4. The molecule has 3 aromatic rings. The van der Waals surface area contributed by atoms with Gasteiger partial charge in [-0.1, -0.05) is 24.3 Å². The molecule has 0 spiro atoms. The van der Waals surface area contributed by atoms with E-state index in [2.05, 4.69) is 10.3 Å². The number of nitrogens with zero attached hydrogens (tertiary/aromatic N) is 1. The average Bonchev–Trinajstić information content (AvgIpc) is 2.93. The Morgan fingerprint density at radius 3 is 2.95 bits per heavy atom. The second-order valence-corrected chi connectivity index (χ2v) is 4.64. The van der Waals surface area contributed by atoms with E-state index >= 15 is 0 Å². The minimum atomic E-state index is -0.119. The maximum Gasteiger partial charge on any atom is 0.251 e. The molecular formula is C16H14N2O2. The molecule has 100 valence electrons. The van der Waals surface area contributed by atoms with Gasteiger partial charge in [-0.05, 0) is 36.2 Å². The molecule has 0 unspecified atom stereocenters. The molecule has 4 heteroatoms. The highest BCUT2D eigenvalue weighted by Gasteiger charge is 2.08. The first-order chi connectivity index (χ1) is 9.74. The van der Waals surface area contributed by atoms with Crippen LogP contribution in [0.15, 0.2) is 53.3 Å². The number of rotatable bonds is 3. The summed E-state index contributed by atoms with van der Waals surface area (Å²) in [4.78, 5) is 16.1.